The maximum absolute atomic E-state index is 12.4. The molecule has 9 heteroatoms. The maximum Gasteiger partial charge on any atom is 0.319 e. The first-order valence-corrected chi connectivity index (χ1v) is 9.20. The van der Waals surface area contributed by atoms with E-state index in [4.69, 9.17) is 5.73 Å². The van der Waals surface area contributed by atoms with E-state index in [1.54, 1.807) is 36.7 Å². The number of carbonyl (C=O) groups is 2. The van der Waals surface area contributed by atoms with Crippen molar-refractivity contribution < 1.29 is 9.59 Å². The van der Waals surface area contributed by atoms with Gasteiger partial charge in [-0.05, 0) is 55.2 Å². The van der Waals surface area contributed by atoms with Crippen molar-refractivity contribution in [2.24, 2.45) is 11.7 Å². The van der Waals surface area contributed by atoms with E-state index >= 15 is 0 Å². The first-order valence-electron chi connectivity index (χ1n) is 9.20. The van der Waals surface area contributed by atoms with Gasteiger partial charge in [0, 0.05) is 42.3 Å². The van der Waals surface area contributed by atoms with Gasteiger partial charge in [-0.25, -0.2) is 4.79 Å². The van der Waals surface area contributed by atoms with E-state index in [9.17, 15) is 9.59 Å². The Kier molecular flexibility index (Phi) is 10.4. The molecule has 0 aliphatic heterocycles. The van der Waals surface area contributed by atoms with Crippen LogP contribution in [0.4, 0.5) is 16.2 Å². The summed E-state index contributed by atoms with van der Waals surface area (Å²) >= 11 is 0. The fourth-order valence-corrected chi connectivity index (χ4v) is 3.24. The SMILES string of the molecule is Cl.Cl.NC1CCCC(C(=O)Nc2cccc(NC(=O)NCc3ccncc3)c2)C1. The zero-order chi connectivity index (χ0) is 19.1. The van der Waals surface area contributed by atoms with Crippen LogP contribution in [-0.4, -0.2) is 23.0 Å². The van der Waals surface area contributed by atoms with E-state index in [1.165, 1.54) is 0 Å². The van der Waals surface area contributed by atoms with Gasteiger partial charge in [0.25, 0.3) is 0 Å². The molecule has 2 aromatic rings. The standard InChI is InChI=1S/C20H25N5O2.2ClH/c21-16-4-1-3-15(11-16)19(26)24-17-5-2-6-18(12-17)25-20(27)23-13-14-7-9-22-10-8-14;;/h2,5-10,12,15-16H,1,3-4,11,13,21H2,(H,24,26)(H2,23,25,27);2*1H. The number of aromatic nitrogens is 1. The monoisotopic (exact) mass is 439 g/mol. The molecule has 1 aliphatic rings. The van der Waals surface area contributed by atoms with E-state index < -0.39 is 0 Å². The molecule has 1 fully saturated rings. The largest absolute Gasteiger partial charge is 0.334 e. The summed E-state index contributed by atoms with van der Waals surface area (Å²) in [5.74, 6) is -0.0570. The van der Waals surface area contributed by atoms with Gasteiger partial charge in [-0.3, -0.25) is 9.78 Å². The highest BCUT2D eigenvalue weighted by Crippen LogP contribution is 2.25. The van der Waals surface area contributed by atoms with Crippen LogP contribution in [0.25, 0.3) is 0 Å². The predicted octanol–water partition coefficient (Wildman–Crippen LogP) is 3.70. The van der Waals surface area contributed by atoms with Gasteiger partial charge in [-0.2, -0.15) is 0 Å². The fourth-order valence-electron chi connectivity index (χ4n) is 3.24. The van der Waals surface area contributed by atoms with Crippen molar-refractivity contribution in [1.29, 1.82) is 0 Å². The molecule has 0 saturated heterocycles. The van der Waals surface area contributed by atoms with E-state index in [1.807, 2.05) is 12.1 Å². The van der Waals surface area contributed by atoms with Gasteiger partial charge >= 0.3 is 6.03 Å². The lowest BCUT2D eigenvalue weighted by Crippen LogP contribution is -2.34. The lowest BCUT2D eigenvalue weighted by Gasteiger charge is -2.25. The van der Waals surface area contributed by atoms with E-state index in [2.05, 4.69) is 20.9 Å². The average Bonchev–Trinajstić information content (AvgIpc) is 2.67. The molecule has 1 aromatic carbocycles. The molecule has 1 aliphatic carbocycles. The minimum absolute atomic E-state index is 0. The number of halogens is 2. The van der Waals surface area contributed by atoms with Crippen molar-refractivity contribution in [1.82, 2.24) is 10.3 Å². The number of benzene rings is 1. The van der Waals surface area contributed by atoms with Gasteiger partial charge in [0.05, 0.1) is 0 Å². The van der Waals surface area contributed by atoms with Crippen molar-refractivity contribution >= 4 is 48.1 Å². The first kappa shape index (κ1) is 24.7. The molecule has 158 valence electrons. The van der Waals surface area contributed by atoms with Crippen LogP contribution in [0.2, 0.25) is 0 Å². The minimum Gasteiger partial charge on any atom is -0.334 e. The van der Waals surface area contributed by atoms with Gasteiger partial charge in [0.2, 0.25) is 5.91 Å². The molecule has 1 aromatic heterocycles. The van der Waals surface area contributed by atoms with Crippen LogP contribution in [0, 0.1) is 5.92 Å². The number of urea groups is 1. The van der Waals surface area contributed by atoms with Crippen molar-refractivity contribution in [3.05, 3.63) is 54.4 Å². The third-order valence-electron chi connectivity index (χ3n) is 4.68. The number of carbonyl (C=O) groups excluding carboxylic acids is 2. The molecular formula is C20H27Cl2N5O2. The molecule has 0 bridgehead atoms. The number of hydrogen-bond donors (Lipinski definition) is 4. The Balaban J connectivity index is 0.00000210. The Bertz CT molecular complexity index is 791. The Morgan fingerprint density at radius 2 is 1.72 bits per heavy atom. The summed E-state index contributed by atoms with van der Waals surface area (Å²) in [6.45, 7) is 0.409. The summed E-state index contributed by atoms with van der Waals surface area (Å²) < 4.78 is 0. The predicted molar refractivity (Wildman–Crippen MR) is 120 cm³/mol. The van der Waals surface area contributed by atoms with Gasteiger partial charge in [0.1, 0.15) is 0 Å². The molecule has 2 unspecified atom stereocenters. The lowest BCUT2D eigenvalue weighted by molar-refractivity contribution is -0.120. The van der Waals surface area contributed by atoms with Crippen LogP contribution in [0.15, 0.2) is 48.8 Å². The van der Waals surface area contributed by atoms with Gasteiger partial charge in [-0.15, -0.1) is 24.8 Å². The zero-order valence-electron chi connectivity index (χ0n) is 16.0. The molecule has 0 radical (unpaired) electrons. The summed E-state index contributed by atoms with van der Waals surface area (Å²) in [5, 5.41) is 8.49. The molecule has 3 rings (SSSR count). The smallest absolute Gasteiger partial charge is 0.319 e. The molecule has 5 N–H and O–H groups in total. The molecule has 29 heavy (non-hydrogen) atoms. The van der Waals surface area contributed by atoms with Crippen molar-refractivity contribution in [2.75, 3.05) is 10.6 Å². The van der Waals surface area contributed by atoms with Crippen molar-refractivity contribution in [2.45, 2.75) is 38.3 Å². The number of nitrogens with zero attached hydrogens (tertiary/aromatic N) is 1. The third kappa shape index (κ3) is 7.89. The highest BCUT2D eigenvalue weighted by molar-refractivity contribution is 5.94. The number of nitrogens with two attached hydrogens (primary N) is 1. The van der Waals surface area contributed by atoms with Gasteiger partial charge < -0.3 is 21.7 Å². The molecule has 7 nitrogen and oxygen atoms in total. The number of anilines is 2. The van der Waals surface area contributed by atoms with Crippen molar-refractivity contribution in [3.63, 3.8) is 0 Å². The highest BCUT2D eigenvalue weighted by atomic mass is 35.5. The number of rotatable bonds is 5. The minimum atomic E-state index is -0.312. The molecule has 2 atom stereocenters. The Labute approximate surface area is 183 Å². The van der Waals surface area contributed by atoms with Gasteiger partial charge in [-0.1, -0.05) is 12.5 Å². The quantitative estimate of drug-likeness (QED) is 0.568. The average molecular weight is 440 g/mol. The van der Waals surface area contributed by atoms with Crippen molar-refractivity contribution in [3.8, 4) is 0 Å². The maximum atomic E-state index is 12.4. The van der Waals surface area contributed by atoms with E-state index in [0.717, 1.165) is 31.2 Å². The summed E-state index contributed by atoms with van der Waals surface area (Å²) in [6, 6.07) is 10.6. The highest BCUT2D eigenvalue weighted by Gasteiger charge is 2.25. The fraction of sp³-hybridized carbons (Fsp3) is 0.350. The summed E-state index contributed by atoms with van der Waals surface area (Å²) in [4.78, 5) is 28.4. The molecule has 1 heterocycles. The number of pyridine rings is 1. The topological polar surface area (TPSA) is 109 Å². The first-order chi connectivity index (χ1) is 13.1. The molecule has 0 spiro atoms. The molecule has 1 saturated carbocycles. The Morgan fingerprint density at radius 1 is 1.03 bits per heavy atom. The number of nitrogens with one attached hydrogen (secondary N) is 3. The zero-order valence-corrected chi connectivity index (χ0v) is 17.6. The second-order valence-corrected chi connectivity index (χ2v) is 6.86. The lowest BCUT2D eigenvalue weighted by atomic mass is 9.85. The number of amides is 3. The Hall–Kier alpha value is -2.35. The van der Waals surface area contributed by atoms with Crippen LogP contribution in [0.3, 0.4) is 0 Å². The summed E-state index contributed by atoms with van der Waals surface area (Å²) in [5.41, 5.74) is 8.20. The summed E-state index contributed by atoms with van der Waals surface area (Å²) in [6.07, 6.45) is 6.92. The molecular weight excluding hydrogens is 413 g/mol. The second kappa shape index (κ2) is 12.3. The van der Waals surface area contributed by atoms with Crippen LogP contribution >= 0.6 is 24.8 Å². The third-order valence-corrected chi connectivity index (χ3v) is 4.68. The molecule has 3 amide bonds. The second-order valence-electron chi connectivity index (χ2n) is 6.86. The number of hydrogen-bond acceptors (Lipinski definition) is 4. The van der Waals surface area contributed by atoms with Crippen LogP contribution in [-0.2, 0) is 11.3 Å². The van der Waals surface area contributed by atoms with Crippen LogP contribution in [0.5, 0.6) is 0 Å². The normalized spacial score (nSPS) is 17.8. The van der Waals surface area contributed by atoms with E-state index in [0.29, 0.717) is 17.9 Å². The van der Waals surface area contributed by atoms with Crippen LogP contribution < -0.4 is 21.7 Å². The van der Waals surface area contributed by atoms with E-state index in [-0.39, 0.29) is 48.7 Å². The van der Waals surface area contributed by atoms with Crippen LogP contribution in [0.1, 0.15) is 31.2 Å². The van der Waals surface area contributed by atoms with Gasteiger partial charge in [0.15, 0.2) is 0 Å². The summed E-state index contributed by atoms with van der Waals surface area (Å²) in [7, 11) is 0. The Morgan fingerprint density at radius 3 is 2.41 bits per heavy atom.